The van der Waals surface area contributed by atoms with Gasteiger partial charge in [-0.1, -0.05) is 0 Å². The fourth-order valence-corrected chi connectivity index (χ4v) is 2.90. The first kappa shape index (κ1) is 15.9. The molecule has 10 heteroatoms. The molecule has 0 aliphatic carbocycles. The van der Waals surface area contributed by atoms with Gasteiger partial charge in [-0.25, -0.2) is 9.78 Å². The van der Waals surface area contributed by atoms with E-state index in [1.807, 2.05) is 25.5 Å². The predicted molar refractivity (Wildman–Crippen MR) is 86.9 cm³/mol. The van der Waals surface area contributed by atoms with Gasteiger partial charge in [0.2, 0.25) is 5.91 Å². The minimum absolute atomic E-state index is 0.0892. The Kier molecular flexibility index (Phi) is 4.13. The number of hydrogen-bond donors (Lipinski definition) is 2. The van der Waals surface area contributed by atoms with Gasteiger partial charge in [0.1, 0.15) is 6.54 Å². The molecular weight excluding hydrogens is 332 g/mol. The van der Waals surface area contributed by atoms with Gasteiger partial charge in [-0.3, -0.25) is 14.2 Å². The normalized spacial score (nSPS) is 10.8. The number of rotatable bonds is 5. The van der Waals surface area contributed by atoms with E-state index in [1.54, 1.807) is 4.68 Å². The number of aromatic carboxylic acids is 1. The SMILES string of the molecule is Cc1nn(C)cc1-c1csc(NC(=O)Cn2ccc(C(=O)O)n2)n1. The minimum Gasteiger partial charge on any atom is -0.476 e. The first-order valence-electron chi connectivity index (χ1n) is 6.95. The molecule has 124 valence electrons. The summed E-state index contributed by atoms with van der Waals surface area (Å²) in [5.74, 6) is -1.47. The number of amides is 1. The topological polar surface area (TPSA) is 115 Å². The third kappa shape index (κ3) is 3.33. The molecule has 0 aliphatic heterocycles. The van der Waals surface area contributed by atoms with Crippen molar-refractivity contribution in [2.45, 2.75) is 13.5 Å². The number of nitrogens with zero attached hydrogens (tertiary/aromatic N) is 5. The van der Waals surface area contributed by atoms with Crippen LogP contribution in [0.3, 0.4) is 0 Å². The van der Waals surface area contributed by atoms with Crippen molar-refractivity contribution >= 4 is 28.3 Å². The highest BCUT2D eigenvalue weighted by molar-refractivity contribution is 7.14. The highest BCUT2D eigenvalue weighted by Crippen LogP contribution is 2.26. The molecule has 3 aromatic heterocycles. The van der Waals surface area contributed by atoms with Crippen LogP contribution in [-0.2, 0) is 18.4 Å². The fourth-order valence-electron chi connectivity index (χ4n) is 2.18. The number of carbonyl (C=O) groups is 2. The van der Waals surface area contributed by atoms with Crippen LogP contribution in [0.25, 0.3) is 11.3 Å². The Morgan fingerprint density at radius 1 is 1.38 bits per heavy atom. The molecule has 0 fully saturated rings. The molecular formula is C14H14N6O3S. The van der Waals surface area contributed by atoms with Crippen molar-refractivity contribution in [3.8, 4) is 11.3 Å². The van der Waals surface area contributed by atoms with Crippen LogP contribution in [0.4, 0.5) is 5.13 Å². The van der Waals surface area contributed by atoms with Crippen LogP contribution in [0.2, 0.25) is 0 Å². The predicted octanol–water partition coefficient (Wildman–Crippen LogP) is 1.39. The number of aryl methyl sites for hydroxylation is 2. The third-order valence-electron chi connectivity index (χ3n) is 3.21. The molecule has 0 radical (unpaired) electrons. The van der Waals surface area contributed by atoms with Crippen molar-refractivity contribution in [1.29, 1.82) is 0 Å². The zero-order chi connectivity index (χ0) is 17.3. The average Bonchev–Trinajstić information content (AvgIpc) is 3.19. The Balaban J connectivity index is 1.66. The molecule has 1 amide bonds. The second-order valence-corrected chi connectivity index (χ2v) is 5.95. The molecule has 3 aromatic rings. The standard InChI is InChI=1S/C14H14N6O3S/c1-8-9(5-19(2)17-8)11-7-24-14(15-11)16-12(21)6-20-4-3-10(18-20)13(22)23/h3-5,7H,6H2,1-2H3,(H,22,23)(H,15,16,21). The zero-order valence-electron chi connectivity index (χ0n) is 12.9. The van der Waals surface area contributed by atoms with E-state index in [0.717, 1.165) is 17.0 Å². The minimum atomic E-state index is -1.13. The van der Waals surface area contributed by atoms with Crippen LogP contribution >= 0.6 is 11.3 Å². The summed E-state index contributed by atoms with van der Waals surface area (Å²) in [5, 5.41) is 21.8. The van der Waals surface area contributed by atoms with Crippen molar-refractivity contribution in [3.63, 3.8) is 0 Å². The summed E-state index contributed by atoms with van der Waals surface area (Å²) in [6.45, 7) is 1.80. The Labute approximate surface area is 140 Å². The lowest BCUT2D eigenvalue weighted by Gasteiger charge is -2.01. The highest BCUT2D eigenvalue weighted by atomic mass is 32.1. The zero-order valence-corrected chi connectivity index (χ0v) is 13.7. The van der Waals surface area contributed by atoms with Gasteiger partial charge < -0.3 is 10.4 Å². The third-order valence-corrected chi connectivity index (χ3v) is 3.96. The second kappa shape index (κ2) is 6.24. The van der Waals surface area contributed by atoms with E-state index >= 15 is 0 Å². The van der Waals surface area contributed by atoms with Crippen molar-refractivity contribution in [3.05, 3.63) is 35.2 Å². The van der Waals surface area contributed by atoms with Gasteiger partial charge in [0.05, 0.1) is 11.4 Å². The van der Waals surface area contributed by atoms with E-state index in [-0.39, 0.29) is 18.1 Å². The van der Waals surface area contributed by atoms with E-state index in [0.29, 0.717) is 5.13 Å². The van der Waals surface area contributed by atoms with Crippen molar-refractivity contribution < 1.29 is 14.7 Å². The van der Waals surface area contributed by atoms with E-state index in [1.165, 1.54) is 28.3 Å². The van der Waals surface area contributed by atoms with Gasteiger partial charge in [-0.05, 0) is 13.0 Å². The summed E-state index contributed by atoms with van der Waals surface area (Å²) in [5.41, 5.74) is 2.41. The van der Waals surface area contributed by atoms with Gasteiger partial charge in [-0.2, -0.15) is 10.2 Å². The number of thiazole rings is 1. The largest absolute Gasteiger partial charge is 0.476 e. The maximum Gasteiger partial charge on any atom is 0.356 e. The van der Waals surface area contributed by atoms with E-state index < -0.39 is 5.97 Å². The molecule has 9 nitrogen and oxygen atoms in total. The van der Waals surface area contributed by atoms with Crippen LogP contribution in [0, 0.1) is 6.92 Å². The maximum absolute atomic E-state index is 12.0. The maximum atomic E-state index is 12.0. The number of aromatic nitrogens is 5. The molecule has 2 N–H and O–H groups in total. The molecule has 0 bridgehead atoms. The molecule has 24 heavy (non-hydrogen) atoms. The van der Waals surface area contributed by atoms with E-state index in [4.69, 9.17) is 5.11 Å². The van der Waals surface area contributed by atoms with Crippen LogP contribution in [0.15, 0.2) is 23.8 Å². The molecule has 0 unspecified atom stereocenters. The molecule has 3 heterocycles. The van der Waals surface area contributed by atoms with E-state index in [9.17, 15) is 9.59 Å². The molecule has 3 rings (SSSR count). The molecule has 0 spiro atoms. The number of carboxylic acids is 1. The number of nitrogens with one attached hydrogen (secondary N) is 1. The first-order valence-corrected chi connectivity index (χ1v) is 7.83. The molecule has 0 saturated carbocycles. The van der Waals surface area contributed by atoms with Crippen LogP contribution in [-0.4, -0.2) is 41.5 Å². The quantitative estimate of drug-likeness (QED) is 0.721. The lowest BCUT2D eigenvalue weighted by atomic mass is 10.2. The summed E-state index contributed by atoms with van der Waals surface area (Å²) in [6, 6.07) is 1.34. The highest BCUT2D eigenvalue weighted by Gasteiger charge is 2.13. The van der Waals surface area contributed by atoms with Gasteiger partial charge in [0.25, 0.3) is 0 Å². The van der Waals surface area contributed by atoms with Crippen LogP contribution < -0.4 is 5.32 Å². The average molecular weight is 346 g/mol. The Morgan fingerprint density at radius 3 is 2.79 bits per heavy atom. The number of carbonyl (C=O) groups excluding carboxylic acids is 1. The Morgan fingerprint density at radius 2 is 2.17 bits per heavy atom. The summed E-state index contributed by atoms with van der Waals surface area (Å²) in [6.07, 6.45) is 3.31. The summed E-state index contributed by atoms with van der Waals surface area (Å²) < 4.78 is 2.97. The van der Waals surface area contributed by atoms with Crippen molar-refractivity contribution in [2.75, 3.05) is 5.32 Å². The van der Waals surface area contributed by atoms with Gasteiger partial charge in [0, 0.05) is 30.4 Å². The fraction of sp³-hybridized carbons (Fsp3) is 0.214. The van der Waals surface area contributed by atoms with Gasteiger partial charge >= 0.3 is 5.97 Å². The van der Waals surface area contributed by atoms with Crippen LogP contribution in [0.5, 0.6) is 0 Å². The lowest BCUT2D eigenvalue weighted by molar-refractivity contribution is -0.116. The molecule has 0 saturated heterocycles. The summed E-state index contributed by atoms with van der Waals surface area (Å²) in [4.78, 5) is 27.2. The van der Waals surface area contributed by atoms with Gasteiger partial charge in [0.15, 0.2) is 10.8 Å². The number of hydrogen-bond acceptors (Lipinski definition) is 6. The molecule has 0 aliphatic rings. The second-order valence-electron chi connectivity index (χ2n) is 5.09. The van der Waals surface area contributed by atoms with Crippen molar-refractivity contribution in [1.82, 2.24) is 24.5 Å². The summed E-state index contributed by atoms with van der Waals surface area (Å²) >= 11 is 1.31. The van der Waals surface area contributed by atoms with Gasteiger partial charge in [-0.15, -0.1) is 11.3 Å². The number of anilines is 1. The van der Waals surface area contributed by atoms with Crippen LogP contribution in [0.1, 0.15) is 16.2 Å². The lowest BCUT2D eigenvalue weighted by Crippen LogP contribution is -2.19. The van der Waals surface area contributed by atoms with Crippen molar-refractivity contribution in [2.24, 2.45) is 7.05 Å². The molecule has 0 atom stereocenters. The molecule has 0 aromatic carbocycles. The van der Waals surface area contributed by atoms with E-state index in [2.05, 4.69) is 20.5 Å². The number of carboxylic acid groups (broad SMARTS) is 1. The Bertz CT molecular complexity index is 909. The summed E-state index contributed by atoms with van der Waals surface area (Å²) in [7, 11) is 1.83. The smallest absolute Gasteiger partial charge is 0.356 e. The Hall–Kier alpha value is -3.01. The first-order chi connectivity index (χ1) is 11.4. The monoisotopic (exact) mass is 346 g/mol.